The first-order valence-corrected chi connectivity index (χ1v) is 7.97. The number of halogens is 1. The van der Waals surface area contributed by atoms with Crippen molar-refractivity contribution in [2.24, 2.45) is 0 Å². The zero-order valence-corrected chi connectivity index (χ0v) is 13.8. The van der Waals surface area contributed by atoms with Gasteiger partial charge in [0.05, 0.1) is 12.1 Å². The molecule has 1 aliphatic carbocycles. The molecule has 0 bridgehead atoms. The monoisotopic (exact) mass is 347 g/mol. The van der Waals surface area contributed by atoms with E-state index in [-0.39, 0.29) is 5.91 Å². The van der Waals surface area contributed by atoms with Gasteiger partial charge in [-0.3, -0.25) is 4.79 Å². The molecule has 2 aromatic rings. The van der Waals surface area contributed by atoms with E-state index >= 15 is 0 Å². The van der Waals surface area contributed by atoms with Gasteiger partial charge in [-0.2, -0.15) is 0 Å². The molecule has 0 saturated heterocycles. The molecule has 0 unspecified atom stereocenters. The number of carbonyl (C=O) groups excluding carboxylic acids is 1. The summed E-state index contributed by atoms with van der Waals surface area (Å²) in [5.74, 6) is 1.79. The highest BCUT2D eigenvalue weighted by Crippen LogP contribution is 2.32. The molecule has 1 fully saturated rings. The van der Waals surface area contributed by atoms with Crippen molar-refractivity contribution in [1.29, 1.82) is 0 Å². The second-order valence-electron chi connectivity index (χ2n) is 5.61. The van der Waals surface area contributed by atoms with Crippen LogP contribution in [0.1, 0.15) is 40.3 Å². The molecule has 1 aromatic carbocycles. The van der Waals surface area contributed by atoms with E-state index in [9.17, 15) is 4.79 Å². The van der Waals surface area contributed by atoms with Crippen molar-refractivity contribution in [3.63, 3.8) is 0 Å². The number of rotatable bonds is 4. The molecule has 1 aliphatic rings. The Hall–Kier alpha value is -1.55. The molecule has 0 spiro atoms. The molecule has 1 heterocycles. The average Bonchev–Trinajstić information content (AvgIpc) is 3.22. The smallest absolute Gasteiger partial charge is 0.255 e. The predicted octanol–water partition coefficient (Wildman–Crippen LogP) is 4.46. The van der Waals surface area contributed by atoms with Crippen LogP contribution in [0.3, 0.4) is 0 Å². The third-order valence-electron chi connectivity index (χ3n) is 3.79. The summed E-state index contributed by atoms with van der Waals surface area (Å²) >= 11 is 3.54. The lowest BCUT2D eigenvalue weighted by Crippen LogP contribution is -2.32. The largest absolute Gasteiger partial charge is 0.464 e. The van der Waals surface area contributed by atoms with Gasteiger partial charge in [0.2, 0.25) is 0 Å². The van der Waals surface area contributed by atoms with Gasteiger partial charge in [-0.1, -0.05) is 12.1 Å². The van der Waals surface area contributed by atoms with Crippen molar-refractivity contribution < 1.29 is 9.21 Å². The second kappa shape index (κ2) is 5.68. The number of amides is 1. The number of hydrogen-bond acceptors (Lipinski definition) is 2. The van der Waals surface area contributed by atoms with Crippen molar-refractivity contribution in [3.05, 3.63) is 57.5 Å². The molecule has 0 radical (unpaired) electrons. The number of hydrogen-bond donors (Lipinski definition) is 0. The van der Waals surface area contributed by atoms with Gasteiger partial charge in [0.1, 0.15) is 11.5 Å². The topological polar surface area (TPSA) is 33.5 Å². The summed E-state index contributed by atoms with van der Waals surface area (Å²) in [6.45, 7) is 4.46. The van der Waals surface area contributed by atoms with E-state index in [1.165, 1.54) is 0 Å². The predicted molar refractivity (Wildman–Crippen MR) is 85.2 cm³/mol. The van der Waals surface area contributed by atoms with Crippen molar-refractivity contribution in [1.82, 2.24) is 4.90 Å². The molecular weight excluding hydrogens is 330 g/mol. The Morgan fingerprint density at radius 2 is 2.05 bits per heavy atom. The number of aryl methyl sites for hydroxylation is 2. The van der Waals surface area contributed by atoms with E-state index in [0.717, 1.165) is 40.0 Å². The standard InChI is InChI=1S/C17H18BrNO2/c1-11-4-3-5-15(16(11)18)17(20)19(13-7-8-13)10-14-9-6-12(2)21-14/h3-6,9,13H,7-8,10H2,1-2H3. The van der Waals surface area contributed by atoms with Crippen LogP contribution >= 0.6 is 15.9 Å². The number of benzene rings is 1. The van der Waals surface area contributed by atoms with Crippen molar-refractivity contribution in [3.8, 4) is 0 Å². The summed E-state index contributed by atoms with van der Waals surface area (Å²) in [6, 6.07) is 10.0. The molecule has 3 rings (SSSR count). The molecule has 0 atom stereocenters. The highest BCUT2D eigenvalue weighted by Gasteiger charge is 2.34. The fraction of sp³-hybridized carbons (Fsp3) is 0.353. The van der Waals surface area contributed by atoms with Gasteiger partial charge >= 0.3 is 0 Å². The Balaban J connectivity index is 1.87. The Kier molecular flexibility index (Phi) is 3.89. The fourth-order valence-electron chi connectivity index (χ4n) is 2.46. The van der Waals surface area contributed by atoms with Gasteiger partial charge in [-0.15, -0.1) is 0 Å². The lowest BCUT2D eigenvalue weighted by molar-refractivity contribution is 0.0716. The molecule has 110 valence electrons. The van der Waals surface area contributed by atoms with E-state index in [0.29, 0.717) is 12.6 Å². The Morgan fingerprint density at radius 3 is 2.67 bits per heavy atom. The average molecular weight is 348 g/mol. The minimum atomic E-state index is 0.0714. The fourth-order valence-corrected chi connectivity index (χ4v) is 2.89. The van der Waals surface area contributed by atoms with Crippen LogP contribution in [0.15, 0.2) is 39.2 Å². The van der Waals surface area contributed by atoms with E-state index in [1.807, 2.05) is 49.1 Å². The zero-order valence-electron chi connectivity index (χ0n) is 12.2. The third kappa shape index (κ3) is 3.05. The molecular formula is C17H18BrNO2. The van der Waals surface area contributed by atoms with E-state index in [2.05, 4.69) is 15.9 Å². The summed E-state index contributed by atoms with van der Waals surface area (Å²) in [5, 5.41) is 0. The van der Waals surface area contributed by atoms with Crippen LogP contribution in [0, 0.1) is 13.8 Å². The second-order valence-corrected chi connectivity index (χ2v) is 6.41. The van der Waals surface area contributed by atoms with Gasteiger partial charge in [-0.25, -0.2) is 0 Å². The molecule has 3 nitrogen and oxygen atoms in total. The van der Waals surface area contributed by atoms with Gasteiger partial charge < -0.3 is 9.32 Å². The van der Waals surface area contributed by atoms with Gasteiger partial charge in [0, 0.05) is 10.5 Å². The van der Waals surface area contributed by atoms with Crippen molar-refractivity contribution in [2.45, 2.75) is 39.3 Å². The van der Waals surface area contributed by atoms with Crippen LogP contribution in [-0.4, -0.2) is 16.8 Å². The molecule has 0 N–H and O–H groups in total. The molecule has 4 heteroatoms. The van der Waals surface area contributed by atoms with Crippen LogP contribution in [0.5, 0.6) is 0 Å². The lowest BCUT2D eigenvalue weighted by atomic mass is 10.1. The van der Waals surface area contributed by atoms with Crippen molar-refractivity contribution in [2.75, 3.05) is 0 Å². The maximum Gasteiger partial charge on any atom is 0.255 e. The minimum Gasteiger partial charge on any atom is -0.464 e. The molecule has 1 amide bonds. The maximum atomic E-state index is 12.9. The SMILES string of the molecule is Cc1ccc(CN(C(=O)c2cccc(C)c2Br)C2CC2)o1. The summed E-state index contributed by atoms with van der Waals surface area (Å²) in [5.41, 5.74) is 1.80. The van der Waals surface area contributed by atoms with Crippen LogP contribution < -0.4 is 0 Å². The summed E-state index contributed by atoms with van der Waals surface area (Å²) < 4.78 is 6.51. The number of furan rings is 1. The highest BCUT2D eigenvalue weighted by atomic mass is 79.9. The first-order chi connectivity index (χ1) is 10.1. The first kappa shape index (κ1) is 14.4. The Bertz CT molecular complexity index is 673. The van der Waals surface area contributed by atoms with E-state index < -0.39 is 0 Å². The Labute approximate surface area is 133 Å². The molecule has 0 aliphatic heterocycles. The molecule has 21 heavy (non-hydrogen) atoms. The highest BCUT2D eigenvalue weighted by molar-refractivity contribution is 9.10. The van der Waals surface area contributed by atoms with Crippen LogP contribution in [-0.2, 0) is 6.54 Å². The summed E-state index contributed by atoms with van der Waals surface area (Å²) in [4.78, 5) is 14.8. The normalized spacial score (nSPS) is 14.2. The van der Waals surface area contributed by atoms with Gasteiger partial charge in [0.15, 0.2) is 0 Å². The molecule has 1 aromatic heterocycles. The number of carbonyl (C=O) groups is 1. The summed E-state index contributed by atoms with van der Waals surface area (Å²) in [6.07, 6.45) is 2.16. The van der Waals surface area contributed by atoms with E-state index in [1.54, 1.807) is 0 Å². The molecule has 1 saturated carbocycles. The van der Waals surface area contributed by atoms with E-state index in [4.69, 9.17) is 4.42 Å². The van der Waals surface area contributed by atoms with Crippen LogP contribution in [0.2, 0.25) is 0 Å². The van der Waals surface area contributed by atoms with Crippen LogP contribution in [0.25, 0.3) is 0 Å². The summed E-state index contributed by atoms with van der Waals surface area (Å²) in [7, 11) is 0. The lowest BCUT2D eigenvalue weighted by Gasteiger charge is -2.22. The zero-order chi connectivity index (χ0) is 15.0. The third-order valence-corrected chi connectivity index (χ3v) is 4.85. The van der Waals surface area contributed by atoms with Gasteiger partial charge in [-0.05, 0) is 66.4 Å². The number of nitrogens with zero attached hydrogens (tertiary/aromatic N) is 1. The van der Waals surface area contributed by atoms with Crippen molar-refractivity contribution >= 4 is 21.8 Å². The first-order valence-electron chi connectivity index (χ1n) is 7.17. The minimum absolute atomic E-state index is 0.0714. The Morgan fingerprint density at radius 1 is 1.29 bits per heavy atom. The quantitative estimate of drug-likeness (QED) is 0.817. The maximum absolute atomic E-state index is 12.9. The van der Waals surface area contributed by atoms with Crippen LogP contribution in [0.4, 0.5) is 0 Å². The van der Waals surface area contributed by atoms with Gasteiger partial charge in [0.25, 0.3) is 5.91 Å².